The van der Waals surface area contributed by atoms with Crippen molar-refractivity contribution in [1.29, 1.82) is 0 Å². The van der Waals surface area contributed by atoms with Gasteiger partial charge in [-0.2, -0.15) is 0 Å². The molecular formula is C13H22O8. The highest BCUT2D eigenvalue weighted by Gasteiger charge is 2.41. The van der Waals surface area contributed by atoms with Gasteiger partial charge in [-0.1, -0.05) is 0 Å². The minimum absolute atomic E-state index is 0.0288. The second kappa shape index (κ2) is 8.83. The van der Waals surface area contributed by atoms with Crippen LogP contribution in [0.15, 0.2) is 11.5 Å². The molecule has 0 amide bonds. The Kier molecular flexibility index (Phi) is 7.44. The monoisotopic (exact) mass is 306 g/mol. The van der Waals surface area contributed by atoms with E-state index in [0.717, 1.165) is 0 Å². The van der Waals surface area contributed by atoms with Gasteiger partial charge in [0.2, 0.25) is 5.76 Å². The Morgan fingerprint density at radius 3 is 2.48 bits per heavy atom. The van der Waals surface area contributed by atoms with Crippen LogP contribution >= 0.6 is 0 Å². The first kappa shape index (κ1) is 17.7. The minimum Gasteiger partial charge on any atom is -0.487 e. The van der Waals surface area contributed by atoms with E-state index in [1.54, 1.807) is 13.8 Å². The van der Waals surface area contributed by atoms with Gasteiger partial charge in [0.05, 0.1) is 19.8 Å². The Labute approximate surface area is 122 Å². The fourth-order valence-corrected chi connectivity index (χ4v) is 1.71. The number of ether oxygens (including phenoxy) is 4. The van der Waals surface area contributed by atoms with Crippen molar-refractivity contribution in [1.82, 2.24) is 0 Å². The summed E-state index contributed by atoms with van der Waals surface area (Å²) in [5, 5.41) is 28.3. The molecule has 0 aliphatic carbocycles. The number of carbonyl (C=O) groups is 1. The maximum Gasteiger partial charge on any atom is 0.378 e. The highest BCUT2D eigenvalue weighted by atomic mass is 16.6. The molecule has 122 valence electrons. The third-order valence-corrected chi connectivity index (χ3v) is 2.67. The van der Waals surface area contributed by atoms with Crippen molar-refractivity contribution in [3.8, 4) is 0 Å². The molecule has 3 unspecified atom stereocenters. The SMILES string of the molecule is CCOCC(O)COC1=C(OCC)C(=O)OC1C(O)CO. The van der Waals surface area contributed by atoms with Crippen LogP contribution in [0.2, 0.25) is 0 Å². The van der Waals surface area contributed by atoms with Gasteiger partial charge in [-0.05, 0) is 13.8 Å². The Morgan fingerprint density at radius 2 is 1.90 bits per heavy atom. The predicted octanol–water partition coefficient (Wildman–Crippen LogP) is -1.07. The molecule has 21 heavy (non-hydrogen) atoms. The lowest BCUT2D eigenvalue weighted by Crippen LogP contribution is -2.33. The molecule has 1 aliphatic rings. The van der Waals surface area contributed by atoms with Gasteiger partial charge in [0.25, 0.3) is 0 Å². The average Bonchev–Trinajstić information content (AvgIpc) is 2.79. The number of rotatable bonds is 10. The van der Waals surface area contributed by atoms with Crippen LogP contribution in [-0.2, 0) is 23.7 Å². The van der Waals surface area contributed by atoms with Gasteiger partial charge in [0.15, 0.2) is 11.9 Å². The number of carbonyl (C=O) groups excluding carboxylic acids is 1. The molecule has 0 aromatic heterocycles. The van der Waals surface area contributed by atoms with E-state index in [2.05, 4.69) is 0 Å². The predicted molar refractivity (Wildman–Crippen MR) is 70.1 cm³/mol. The number of hydrogen-bond acceptors (Lipinski definition) is 8. The van der Waals surface area contributed by atoms with E-state index in [1.807, 2.05) is 0 Å². The summed E-state index contributed by atoms with van der Waals surface area (Å²) < 4.78 is 20.4. The second-order valence-electron chi connectivity index (χ2n) is 4.33. The van der Waals surface area contributed by atoms with Gasteiger partial charge in [0.1, 0.15) is 18.8 Å². The van der Waals surface area contributed by atoms with E-state index < -0.39 is 30.9 Å². The molecule has 0 radical (unpaired) electrons. The number of aliphatic hydroxyl groups excluding tert-OH is 3. The zero-order chi connectivity index (χ0) is 15.8. The quantitative estimate of drug-likeness (QED) is 0.437. The Bertz CT molecular complexity index is 367. The number of esters is 1. The molecule has 0 aromatic rings. The molecule has 1 heterocycles. The van der Waals surface area contributed by atoms with Gasteiger partial charge in [-0.25, -0.2) is 4.79 Å². The van der Waals surface area contributed by atoms with E-state index in [0.29, 0.717) is 6.61 Å². The molecular weight excluding hydrogens is 284 g/mol. The summed E-state index contributed by atoms with van der Waals surface area (Å²) in [5.74, 6) is -0.957. The summed E-state index contributed by atoms with van der Waals surface area (Å²) in [7, 11) is 0. The van der Waals surface area contributed by atoms with Crippen LogP contribution < -0.4 is 0 Å². The Balaban J connectivity index is 2.75. The largest absolute Gasteiger partial charge is 0.487 e. The summed E-state index contributed by atoms with van der Waals surface area (Å²) in [6, 6.07) is 0. The van der Waals surface area contributed by atoms with Gasteiger partial charge in [-0.3, -0.25) is 0 Å². The lowest BCUT2D eigenvalue weighted by atomic mass is 10.2. The zero-order valence-electron chi connectivity index (χ0n) is 12.2. The minimum atomic E-state index is -1.33. The van der Waals surface area contributed by atoms with Crippen LogP contribution in [0.25, 0.3) is 0 Å². The molecule has 0 saturated heterocycles. The first-order chi connectivity index (χ1) is 10.0. The molecule has 0 spiro atoms. The summed E-state index contributed by atoms with van der Waals surface area (Å²) in [6.07, 6.45) is -3.38. The third-order valence-electron chi connectivity index (χ3n) is 2.67. The second-order valence-corrected chi connectivity index (χ2v) is 4.33. The van der Waals surface area contributed by atoms with Gasteiger partial charge >= 0.3 is 5.97 Å². The number of cyclic esters (lactones) is 1. The molecule has 0 bridgehead atoms. The Hall–Kier alpha value is -1.35. The lowest BCUT2D eigenvalue weighted by Gasteiger charge is -2.20. The molecule has 8 nitrogen and oxygen atoms in total. The van der Waals surface area contributed by atoms with Gasteiger partial charge < -0.3 is 34.3 Å². The van der Waals surface area contributed by atoms with Crippen molar-refractivity contribution in [2.75, 3.05) is 33.0 Å². The maximum absolute atomic E-state index is 11.7. The third kappa shape index (κ3) is 4.85. The fraction of sp³-hybridized carbons (Fsp3) is 0.769. The molecule has 8 heteroatoms. The average molecular weight is 306 g/mol. The molecule has 3 atom stereocenters. The smallest absolute Gasteiger partial charge is 0.378 e. The van der Waals surface area contributed by atoms with E-state index in [9.17, 15) is 15.0 Å². The normalized spacial score (nSPS) is 21.2. The molecule has 3 N–H and O–H groups in total. The van der Waals surface area contributed by atoms with Crippen LogP contribution in [0.4, 0.5) is 0 Å². The molecule has 1 rings (SSSR count). The van der Waals surface area contributed by atoms with E-state index in [1.165, 1.54) is 0 Å². The van der Waals surface area contributed by atoms with Crippen LogP contribution in [-0.4, -0.2) is 72.6 Å². The van der Waals surface area contributed by atoms with Crippen molar-refractivity contribution in [3.05, 3.63) is 11.5 Å². The van der Waals surface area contributed by atoms with Gasteiger partial charge in [0, 0.05) is 6.61 Å². The highest BCUT2D eigenvalue weighted by molar-refractivity contribution is 5.89. The van der Waals surface area contributed by atoms with Crippen LogP contribution in [0, 0.1) is 0 Å². The standard InChI is InChI=1S/C13H22O8/c1-3-18-6-8(15)7-20-11-10(9(16)5-14)21-13(17)12(11)19-4-2/h8-10,14-16H,3-7H2,1-2H3. The first-order valence-corrected chi connectivity index (χ1v) is 6.80. The van der Waals surface area contributed by atoms with Crippen molar-refractivity contribution in [2.24, 2.45) is 0 Å². The number of aliphatic hydroxyl groups is 3. The van der Waals surface area contributed by atoms with Crippen LogP contribution in [0.5, 0.6) is 0 Å². The topological polar surface area (TPSA) is 115 Å². The van der Waals surface area contributed by atoms with Crippen LogP contribution in [0.3, 0.4) is 0 Å². The van der Waals surface area contributed by atoms with E-state index in [4.69, 9.17) is 24.1 Å². The Morgan fingerprint density at radius 1 is 1.19 bits per heavy atom. The summed E-state index contributed by atoms with van der Waals surface area (Å²) in [4.78, 5) is 11.7. The van der Waals surface area contributed by atoms with E-state index >= 15 is 0 Å². The van der Waals surface area contributed by atoms with Crippen molar-refractivity contribution >= 4 is 5.97 Å². The van der Waals surface area contributed by atoms with Crippen LogP contribution in [0.1, 0.15) is 13.8 Å². The summed E-state index contributed by atoms with van der Waals surface area (Å²) in [6.45, 7) is 3.45. The first-order valence-electron chi connectivity index (χ1n) is 6.80. The fourth-order valence-electron chi connectivity index (χ4n) is 1.71. The molecule has 0 saturated carbocycles. The lowest BCUT2D eigenvalue weighted by molar-refractivity contribution is -0.148. The molecule has 0 fully saturated rings. The molecule has 0 aromatic carbocycles. The van der Waals surface area contributed by atoms with Crippen molar-refractivity contribution in [2.45, 2.75) is 32.2 Å². The van der Waals surface area contributed by atoms with Crippen molar-refractivity contribution in [3.63, 3.8) is 0 Å². The summed E-state index contributed by atoms with van der Waals surface area (Å²) in [5.41, 5.74) is 0. The highest BCUT2D eigenvalue weighted by Crippen LogP contribution is 2.27. The maximum atomic E-state index is 11.7. The van der Waals surface area contributed by atoms with Crippen molar-refractivity contribution < 1.29 is 39.1 Å². The van der Waals surface area contributed by atoms with E-state index in [-0.39, 0.29) is 31.3 Å². The van der Waals surface area contributed by atoms with Gasteiger partial charge in [-0.15, -0.1) is 0 Å². The zero-order valence-corrected chi connectivity index (χ0v) is 12.2. The number of hydrogen-bond donors (Lipinski definition) is 3. The summed E-state index contributed by atoms with van der Waals surface area (Å²) >= 11 is 0. The molecule has 1 aliphatic heterocycles.